The lowest BCUT2D eigenvalue weighted by molar-refractivity contribution is -0.384. The van der Waals surface area contributed by atoms with E-state index in [-0.39, 0.29) is 17.5 Å². The summed E-state index contributed by atoms with van der Waals surface area (Å²) in [5.74, 6) is -0.0976. The molecule has 4 rings (SSSR count). The van der Waals surface area contributed by atoms with Gasteiger partial charge in [0.15, 0.2) is 0 Å². The summed E-state index contributed by atoms with van der Waals surface area (Å²) in [6.07, 6.45) is 2.89. The second kappa shape index (κ2) is 8.21. The molecule has 29 heavy (non-hydrogen) atoms. The third kappa shape index (κ3) is 4.40. The summed E-state index contributed by atoms with van der Waals surface area (Å²) in [5, 5.41) is 25.2. The molecule has 0 radical (unpaired) electrons. The van der Waals surface area contributed by atoms with Crippen LogP contribution in [0.15, 0.2) is 48.5 Å². The van der Waals surface area contributed by atoms with Crippen molar-refractivity contribution in [3.63, 3.8) is 0 Å². The van der Waals surface area contributed by atoms with Gasteiger partial charge in [-0.1, -0.05) is 30.3 Å². The molecule has 1 aliphatic carbocycles. The third-order valence-electron chi connectivity index (χ3n) is 5.79. The number of amides is 1. The first kappa shape index (κ1) is 19.4. The molecule has 7 heteroatoms. The fraction of sp³-hybridized carbons (Fsp3) is 0.409. The number of likely N-dealkylation sites (tertiary alicyclic amines) is 1. The second-order valence-electron chi connectivity index (χ2n) is 7.89. The Morgan fingerprint density at radius 2 is 1.79 bits per heavy atom. The van der Waals surface area contributed by atoms with Crippen molar-refractivity contribution in [2.24, 2.45) is 5.92 Å². The van der Waals surface area contributed by atoms with E-state index >= 15 is 0 Å². The highest BCUT2D eigenvalue weighted by Gasteiger charge is 2.30. The van der Waals surface area contributed by atoms with E-state index in [4.69, 9.17) is 0 Å². The molecule has 1 amide bonds. The maximum Gasteiger partial charge on any atom is 0.293 e. The number of nitro benzene ring substituents is 1. The SMILES string of the molecule is O=C(c1ccc(NC2CC2)c([N+](=O)[O-])c1)N1CCC([C@H](O)c2ccccc2)CC1. The first-order valence-corrected chi connectivity index (χ1v) is 10.1. The minimum absolute atomic E-state index is 0.0582. The lowest BCUT2D eigenvalue weighted by atomic mass is 9.87. The summed E-state index contributed by atoms with van der Waals surface area (Å²) in [6, 6.07) is 14.5. The molecular formula is C22H25N3O4. The van der Waals surface area contributed by atoms with E-state index in [2.05, 4.69) is 5.32 Å². The molecule has 0 bridgehead atoms. The Kier molecular flexibility index (Phi) is 5.49. The highest BCUT2D eigenvalue weighted by atomic mass is 16.6. The van der Waals surface area contributed by atoms with E-state index in [9.17, 15) is 20.0 Å². The number of carbonyl (C=O) groups excluding carboxylic acids is 1. The van der Waals surface area contributed by atoms with Crippen molar-refractivity contribution < 1.29 is 14.8 Å². The number of carbonyl (C=O) groups is 1. The van der Waals surface area contributed by atoms with Crippen LogP contribution in [0.4, 0.5) is 11.4 Å². The van der Waals surface area contributed by atoms with Gasteiger partial charge >= 0.3 is 0 Å². The zero-order valence-corrected chi connectivity index (χ0v) is 16.2. The zero-order valence-electron chi connectivity index (χ0n) is 16.2. The molecule has 1 heterocycles. The number of nitro groups is 1. The molecule has 2 aromatic carbocycles. The number of rotatable bonds is 6. The van der Waals surface area contributed by atoms with Gasteiger partial charge in [-0.25, -0.2) is 0 Å². The molecule has 7 nitrogen and oxygen atoms in total. The summed E-state index contributed by atoms with van der Waals surface area (Å²) in [4.78, 5) is 25.6. The van der Waals surface area contributed by atoms with Crippen molar-refractivity contribution in [3.05, 3.63) is 69.8 Å². The van der Waals surface area contributed by atoms with Crippen molar-refractivity contribution in [1.82, 2.24) is 4.90 Å². The van der Waals surface area contributed by atoms with E-state index < -0.39 is 11.0 Å². The van der Waals surface area contributed by atoms with Crippen LogP contribution < -0.4 is 5.32 Å². The molecule has 152 valence electrons. The normalized spacial score (nSPS) is 18.3. The van der Waals surface area contributed by atoms with Crippen LogP contribution in [0.3, 0.4) is 0 Å². The number of nitrogens with zero attached hydrogens (tertiary/aromatic N) is 2. The van der Waals surface area contributed by atoms with Crippen molar-refractivity contribution in [2.75, 3.05) is 18.4 Å². The van der Waals surface area contributed by atoms with Crippen molar-refractivity contribution in [2.45, 2.75) is 37.8 Å². The van der Waals surface area contributed by atoms with Crippen LogP contribution in [-0.2, 0) is 0 Å². The summed E-state index contributed by atoms with van der Waals surface area (Å²) in [5.41, 5.74) is 1.64. The molecule has 2 aliphatic rings. The first-order valence-electron chi connectivity index (χ1n) is 10.1. The number of aliphatic hydroxyl groups is 1. The van der Waals surface area contributed by atoms with Crippen LogP contribution in [0.2, 0.25) is 0 Å². The van der Waals surface area contributed by atoms with Gasteiger partial charge in [0.05, 0.1) is 11.0 Å². The van der Waals surface area contributed by atoms with Gasteiger partial charge in [0.1, 0.15) is 5.69 Å². The molecule has 1 atom stereocenters. The largest absolute Gasteiger partial charge is 0.388 e. The average molecular weight is 395 g/mol. The number of hydrogen-bond donors (Lipinski definition) is 2. The maximum absolute atomic E-state index is 12.9. The molecule has 1 aliphatic heterocycles. The van der Waals surface area contributed by atoms with E-state index in [0.29, 0.717) is 43.2 Å². The van der Waals surface area contributed by atoms with Gasteiger partial charge in [-0.05, 0) is 49.3 Å². The van der Waals surface area contributed by atoms with Crippen molar-refractivity contribution in [1.29, 1.82) is 0 Å². The molecule has 1 saturated heterocycles. The van der Waals surface area contributed by atoms with Crippen LogP contribution in [-0.4, -0.2) is 40.0 Å². The standard InChI is InChI=1S/C22H25N3O4/c26-21(15-4-2-1-3-5-15)16-10-12-24(13-11-16)22(27)17-6-9-19(23-18-7-8-18)20(14-17)25(28)29/h1-6,9,14,16,18,21,23,26H,7-8,10-13H2/t21-/m1/s1. The quantitative estimate of drug-likeness (QED) is 0.574. The smallest absolute Gasteiger partial charge is 0.293 e. The highest BCUT2D eigenvalue weighted by molar-refractivity contribution is 5.95. The predicted octanol–water partition coefficient (Wildman–Crippen LogP) is 3.75. The fourth-order valence-corrected chi connectivity index (χ4v) is 3.91. The summed E-state index contributed by atoms with van der Waals surface area (Å²) in [6.45, 7) is 1.06. The van der Waals surface area contributed by atoms with Crippen molar-refractivity contribution in [3.8, 4) is 0 Å². The van der Waals surface area contributed by atoms with Gasteiger partial charge in [-0.2, -0.15) is 0 Å². The summed E-state index contributed by atoms with van der Waals surface area (Å²) in [7, 11) is 0. The molecular weight excluding hydrogens is 370 g/mol. The Hall–Kier alpha value is -2.93. The van der Waals surface area contributed by atoms with Crippen LogP contribution in [0.5, 0.6) is 0 Å². The number of anilines is 1. The lowest BCUT2D eigenvalue weighted by Gasteiger charge is -2.34. The van der Waals surface area contributed by atoms with Crippen LogP contribution in [0, 0.1) is 16.0 Å². The zero-order chi connectivity index (χ0) is 20.4. The third-order valence-corrected chi connectivity index (χ3v) is 5.79. The molecule has 0 unspecified atom stereocenters. The topological polar surface area (TPSA) is 95.7 Å². The Morgan fingerprint density at radius 1 is 1.10 bits per heavy atom. The number of hydrogen-bond acceptors (Lipinski definition) is 5. The number of piperidine rings is 1. The molecule has 1 saturated carbocycles. The predicted molar refractivity (Wildman–Crippen MR) is 110 cm³/mol. The minimum atomic E-state index is -0.540. The van der Waals surface area contributed by atoms with E-state index in [1.165, 1.54) is 6.07 Å². The number of benzene rings is 2. The van der Waals surface area contributed by atoms with Crippen LogP contribution in [0.1, 0.15) is 47.7 Å². The Bertz CT molecular complexity index is 890. The molecule has 2 N–H and O–H groups in total. The van der Waals surface area contributed by atoms with Gasteiger partial charge in [-0.15, -0.1) is 0 Å². The Morgan fingerprint density at radius 3 is 2.41 bits per heavy atom. The monoisotopic (exact) mass is 395 g/mol. The average Bonchev–Trinajstić information content (AvgIpc) is 3.57. The van der Waals surface area contributed by atoms with Crippen molar-refractivity contribution >= 4 is 17.3 Å². The Balaban J connectivity index is 1.41. The fourth-order valence-electron chi connectivity index (χ4n) is 3.91. The maximum atomic E-state index is 12.9. The Labute approximate surface area is 169 Å². The minimum Gasteiger partial charge on any atom is -0.388 e. The van der Waals surface area contributed by atoms with Gasteiger partial charge < -0.3 is 15.3 Å². The summed E-state index contributed by atoms with van der Waals surface area (Å²) < 4.78 is 0. The van der Waals surface area contributed by atoms with E-state index in [1.54, 1.807) is 17.0 Å². The second-order valence-corrected chi connectivity index (χ2v) is 7.89. The first-order chi connectivity index (χ1) is 14.0. The molecule has 2 aromatic rings. The summed E-state index contributed by atoms with van der Waals surface area (Å²) >= 11 is 0. The molecule has 2 fully saturated rings. The lowest BCUT2D eigenvalue weighted by Crippen LogP contribution is -2.39. The highest BCUT2D eigenvalue weighted by Crippen LogP contribution is 2.33. The molecule has 0 spiro atoms. The van der Waals surface area contributed by atoms with E-state index in [1.807, 2.05) is 30.3 Å². The van der Waals surface area contributed by atoms with Gasteiger partial charge in [0, 0.05) is 30.8 Å². The van der Waals surface area contributed by atoms with Crippen LogP contribution >= 0.6 is 0 Å². The van der Waals surface area contributed by atoms with E-state index in [0.717, 1.165) is 18.4 Å². The van der Waals surface area contributed by atoms with Gasteiger partial charge in [0.25, 0.3) is 11.6 Å². The van der Waals surface area contributed by atoms with Crippen LogP contribution in [0.25, 0.3) is 0 Å². The van der Waals surface area contributed by atoms with Gasteiger partial charge in [-0.3, -0.25) is 14.9 Å². The molecule has 0 aromatic heterocycles. The number of aliphatic hydroxyl groups excluding tert-OH is 1. The number of nitrogens with one attached hydrogen (secondary N) is 1. The van der Waals surface area contributed by atoms with Gasteiger partial charge in [0.2, 0.25) is 0 Å².